The van der Waals surface area contributed by atoms with Gasteiger partial charge in [-0.05, 0) is 31.4 Å². The molecule has 4 nitrogen and oxygen atoms in total. The normalized spacial score (nSPS) is 19.7. The molecule has 1 aromatic heterocycles. The number of hydrogen-bond acceptors (Lipinski definition) is 4. The fraction of sp³-hybridized carbons (Fsp3) is 0.643. The average Bonchev–Trinajstić information content (AvgIpc) is 2.45. The van der Waals surface area contributed by atoms with Gasteiger partial charge in [0.2, 0.25) is 0 Å². The Labute approximate surface area is 114 Å². The van der Waals surface area contributed by atoms with Gasteiger partial charge in [-0.25, -0.2) is 9.37 Å². The molecule has 0 radical (unpaired) electrons. The third-order valence-corrected chi connectivity index (χ3v) is 3.50. The van der Waals surface area contributed by atoms with E-state index in [0.29, 0.717) is 18.5 Å². The maximum atomic E-state index is 13.8. The lowest BCUT2D eigenvalue weighted by Crippen LogP contribution is -2.46. The maximum Gasteiger partial charge on any atom is 0.165 e. The molecule has 0 spiro atoms. The lowest BCUT2D eigenvalue weighted by molar-refractivity contribution is 0.198. The van der Waals surface area contributed by atoms with Crippen LogP contribution in [0.1, 0.15) is 19.3 Å². The van der Waals surface area contributed by atoms with Crippen LogP contribution in [0.3, 0.4) is 0 Å². The third kappa shape index (κ3) is 3.88. The highest BCUT2D eigenvalue weighted by Crippen LogP contribution is 2.24. The van der Waals surface area contributed by atoms with E-state index in [0.717, 1.165) is 32.5 Å². The quantitative estimate of drug-likeness (QED) is 0.798. The van der Waals surface area contributed by atoms with E-state index in [1.54, 1.807) is 19.4 Å². The van der Waals surface area contributed by atoms with E-state index in [2.05, 4.69) is 15.2 Å². The van der Waals surface area contributed by atoms with Crippen LogP contribution in [0, 0.1) is 5.82 Å². The Morgan fingerprint density at radius 3 is 3.21 bits per heavy atom. The Bertz CT molecular complexity index is 389. The van der Waals surface area contributed by atoms with Crippen LogP contribution in [0.2, 0.25) is 0 Å². The molecule has 19 heavy (non-hydrogen) atoms. The van der Waals surface area contributed by atoms with Crippen molar-refractivity contribution in [2.45, 2.75) is 25.3 Å². The number of nitrogens with one attached hydrogen (secondary N) is 1. The first kappa shape index (κ1) is 14.2. The van der Waals surface area contributed by atoms with Crippen molar-refractivity contribution in [3.63, 3.8) is 0 Å². The Balaban J connectivity index is 1.98. The number of piperidine rings is 1. The van der Waals surface area contributed by atoms with Crippen molar-refractivity contribution in [2.24, 2.45) is 0 Å². The van der Waals surface area contributed by atoms with Crippen molar-refractivity contribution in [2.75, 3.05) is 38.3 Å². The van der Waals surface area contributed by atoms with Gasteiger partial charge in [0, 0.05) is 39.0 Å². The Morgan fingerprint density at radius 1 is 1.53 bits per heavy atom. The van der Waals surface area contributed by atoms with Gasteiger partial charge in [0.1, 0.15) is 0 Å². The van der Waals surface area contributed by atoms with E-state index < -0.39 is 0 Å². The van der Waals surface area contributed by atoms with Crippen molar-refractivity contribution in [3.05, 3.63) is 24.1 Å². The minimum Gasteiger partial charge on any atom is -0.383 e. The summed E-state index contributed by atoms with van der Waals surface area (Å²) in [5, 5.41) is 3.36. The summed E-state index contributed by atoms with van der Waals surface area (Å²) in [5.41, 5.74) is 0. The topological polar surface area (TPSA) is 37.4 Å². The molecule has 2 rings (SSSR count). The van der Waals surface area contributed by atoms with E-state index in [1.165, 1.54) is 12.5 Å². The van der Waals surface area contributed by atoms with Crippen molar-refractivity contribution in [3.8, 4) is 0 Å². The zero-order valence-electron chi connectivity index (χ0n) is 11.4. The monoisotopic (exact) mass is 267 g/mol. The van der Waals surface area contributed by atoms with Gasteiger partial charge in [-0.3, -0.25) is 0 Å². The molecule has 0 amide bonds. The summed E-state index contributed by atoms with van der Waals surface area (Å²) in [6.45, 7) is 3.25. The zero-order chi connectivity index (χ0) is 13.5. The molecule has 106 valence electrons. The van der Waals surface area contributed by atoms with Gasteiger partial charge in [0.25, 0.3) is 0 Å². The van der Waals surface area contributed by atoms with Crippen molar-refractivity contribution in [1.29, 1.82) is 0 Å². The van der Waals surface area contributed by atoms with Gasteiger partial charge in [-0.15, -0.1) is 0 Å². The van der Waals surface area contributed by atoms with Crippen LogP contribution in [-0.4, -0.2) is 44.4 Å². The van der Waals surface area contributed by atoms with Crippen LogP contribution in [0.15, 0.2) is 18.3 Å². The van der Waals surface area contributed by atoms with Crippen molar-refractivity contribution >= 4 is 5.82 Å². The minimum atomic E-state index is -0.230. The first-order valence-corrected chi connectivity index (χ1v) is 6.89. The van der Waals surface area contributed by atoms with Gasteiger partial charge in [-0.1, -0.05) is 0 Å². The van der Waals surface area contributed by atoms with Crippen molar-refractivity contribution < 1.29 is 9.13 Å². The number of aromatic nitrogens is 1. The molecule has 0 bridgehead atoms. The molecule has 1 aliphatic heterocycles. The number of anilines is 1. The first-order chi connectivity index (χ1) is 9.33. The fourth-order valence-corrected chi connectivity index (χ4v) is 2.52. The number of hydrogen-bond donors (Lipinski definition) is 1. The molecule has 2 heterocycles. The Hall–Kier alpha value is -1.20. The minimum absolute atomic E-state index is 0.230. The van der Waals surface area contributed by atoms with E-state index in [4.69, 9.17) is 4.74 Å². The SMILES string of the molecule is COCCNCC1CCCCN1c1ncccc1F. The molecule has 1 unspecified atom stereocenters. The van der Waals surface area contributed by atoms with Gasteiger partial charge in [-0.2, -0.15) is 0 Å². The van der Waals surface area contributed by atoms with Crippen LogP contribution in [0.5, 0.6) is 0 Å². The summed E-state index contributed by atoms with van der Waals surface area (Å²) in [5.74, 6) is 0.257. The van der Waals surface area contributed by atoms with E-state index in [1.807, 2.05) is 0 Å². The molecule has 0 saturated carbocycles. The fourth-order valence-electron chi connectivity index (χ4n) is 2.52. The second kappa shape index (κ2) is 7.40. The largest absolute Gasteiger partial charge is 0.383 e. The predicted molar refractivity (Wildman–Crippen MR) is 73.9 cm³/mol. The van der Waals surface area contributed by atoms with Gasteiger partial charge in [0.05, 0.1) is 6.61 Å². The zero-order valence-corrected chi connectivity index (χ0v) is 11.4. The van der Waals surface area contributed by atoms with Crippen LogP contribution >= 0.6 is 0 Å². The standard InChI is InChI=1S/C14H22FN3O/c1-19-10-8-16-11-12-5-2-3-9-18(12)14-13(15)6-4-7-17-14/h4,6-7,12,16H,2-3,5,8-11H2,1H3. The van der Waals surface area contributed by atoms with Gasteiger partial charge >= 0.3 is 0 Å². The molecule has 1 N–H and O–H groups in total. The summed E-state index contributed by atoms with van der Waals surface area (Å²) < 4.78 is 18.9. The molecule has 5 heteroatoms. The summed E-state index contributed by atoms with van der Waals surface area (Å²) in [6, 6.07) is 3.43. The number of nitrogens with zero attached hydrogens (tertiary/aromatic N) is 2. The maximum absolute atomic E-state index is 13.8. The molecule has 0 aromatic carbocycles. The second-order valence-electron chi connectivity index (χ2n) is 4.85. The summed E-state index contributed by atoms with van der Waals surface area (Å²) in [4.78, 5) is 6.29. The molecule has 1 saturated heterocycles. The Morgan fingerprint density at radius 2 is 2.42 bits per heavy atom. The number of halogens is 1. The molecule has 1 fully saturated rings. The predicted octanol–water partition coefficient (Wildman–Crippen LogP) is 1.82. The highest BCUT2D eigenvalue weighted by molar-refractivity contribution is 5.41. The van der Waals surface area contributed by atoms with E-state index >= 15 is 0 Å². The van der Waals surface area contributed by atoms with E-state index in [9.17, 15) is 4.39 Å². The first-order valence-electron chi connectivity index (χ1n) is 6.89. The van der Waals surface area contributed by atoms with Gasteiger partial charge < -0.3 is 15.0 Å². The number of methoxy groups -OCH3 is 1. The molecule has 1 atom stereocenters. The van der Waals surface area contributed by atoms with Crippen LogP contribution in [0.25, 0.3) is 0 Å². The van der Waals surface area contributed by atoms with Crippen LogP contribution in [-0.2, 0) is 4.74 Å². The average molecular weight is 267 g/mol. The van der Waals surface area contributed by atoms with Crippen molar-refractivity contribution in [1.82, 2.24) is 10.3 Å². The summed E-state index contributed by atoms with van der Waals surface area (Å²) in [6.07, 6.45) is 5.03. The highest BCUT2D eigenvalue weighted by Gasteiger charge is 2.25. The Kier molecular flexibility index (Phi) is 5.54. The summed E-state index contributed by atoms with van der Waals surface area (Å²) in [7, 11) is 1.69. The lowest BCUT2D eigenvalue weighted by Gasteiger charge is -2.37. The lowest BCUT2D eigenvalue weighted by atomic mass is 10.0. The van der Waals surface area contributed by atoms with Crippen LogP contribution in [0.4, 0.5) is 10.2 Å². The highest BCUT2D eigenvalue weighted by atomic mass is 19.1. The number of rotatable bonds is 6. The second-order valence-corrected chi connectivity index (χ2v) is 4.85. The number of pyridine rings is 1. The van der Waals surface area contributed by atoms with Crippen LogP contribution < -0.4 is 10.2 Å². The molecule has 0 aliphatic carbocycles. The summed E-state index contributed by atoms with van der Waals surface area (Å²) >= 11 is 0. The van der Waals surface area contributed by atoms with E-state index in [-0.39, 0.29) is 5.82 Å². The molecular weight excluding hydrogens is 245 g/mol. The van der Waals surface area contributed by atoms with Gasteiger partial charge in [0.15, 0.2) is 11.6 Å². The molecule has 1 aromatic rings. The smallest absolute Gasteiger partial charge is 0.165 e. The number of ether oxygens (including phenoxy) is 1. The molecular formula is C14H22FN3O. The third-order valence-electron chi connectivity index (χ3n) is 3.50. The molecule has 1 aliphatic rings.